The quantitative estimate of drug-likeness (QED) is 0.916. The standard InChI is InChI=1S/C16H21N5O3/c1-11-4-5-12(20(11)2)14-19-18-13(23-14)8-21-7-3-6-16(10-21)9-17-15(22)24-16/h4-5H,3,6-10H2,1-2H3,(H,17,22). The predicted molar refractivity (Wildman–Crippen MR) is 85.2 cm³/mol. The molecular weight excluding hydrogens is 310 g/mol. The Morgan fingerprint density at radius 2 is 2.25 bits per heavy atom. The van der Waals surface area contributed by atoms with Crippen molar-refractivity contribution in [1.82, 2.24) is 25.0 Å². The molecule has 128 valence electrons. The molecule has 2 aliphatic heterocycles. The van der Waals surface area contributed by atoms with E-state index in [0.29, 0.717) is 31.4 Å². The highest BCUT2D eigenvalue weighted by molar-refractivity contribution is 5.70. The molecule has 2 fully saturated rings. The van der Waals surface area contributed by atoms with Crippen molar-refractivity contribution in [3.63, 3.8) is 0 Å². The lowest BCUT2D eigenvalue weighted by Gasteiger charge is -2.37. The first-order valence-corrected chi connectivity index (χ1v) is 8.19. The van der Waals surface area contributed by atoms with Crippen molar-refractivity contribution in [3.8, 4) is 11.6 Å². The minimum absolute atomic E-state index is 0.323. The van der Waals surface area contributed by atoms with Crippen molar-refractivity contribution < 1.29 is 13.9 Å². The van der Waals surface area contributed by atoms with Gasteiger partial charge in [0.15, 0.2) is 0 Å². The van der Waals surface area contributed by atoms with Crippen LogP contribution in [0, 0.1) is 6.92 Å². The molecule has 2 aromatic heterocycles. The summed E-state index contributed by atoms with van der Waals surface area (Å²) in [7, 11) is 1.98. The second kappa shape index (κ2) is 5.62. The highest BCUT2D eigenvalue weighted by Gasteiger charge is 2.43. The van der Waals surface area contributed by atoms with Gasteiger partial charge >= 0.3 is 6.09 Å². The van der Waals surface area contributed by atoms with Crippen LogP contribution >= 0.6 is 0 Å². The van der Waals surface area contributed by atoms with E-state index in [2.05, 4.69) is 20.4 Å². The molecule has 4 heterocycles. The van der Waals surface area contributed by atoms with E-state index in [4.69, 9.17) is 9.15 Å². The Balaban J connectivity index is 1.46. The fraction of sp³-hybridized carbons (Fsp3) is 0.562. The lowest BCUT2D eigenvalue weighted by Crippen LogP contribution is -2.50. The van der Waals surface area contributed by atoms with Gasteiger partial charge in [0.1, 0.15) is 11.3 Å². The monoisotopic (exact) mass is 331 g/mol. The number of hydrogen-bond donors (Lipinski definition) is 1. The first kappa shape index (κ1) is 15.2. The van der Waals surface area contributed by atoms with Crippen LogP contribution in [-0.2, 0) is 18.3 Å². The van der Waals surface area contributed by atoms with Gasteiger partial charge < -0.3 is 19.0 Å². The van der Waals surface area contributed by atoms with Gasteiger partial charge in [0.2, 0.25) is 5.89 Å². The van der Waals surface area contributed by atoms with Crippen molar-refractivity contribution in [1.29, 1.82) is 0 Å². The Morgan fingerprint density at radius 1 is 1.38 bits per heavy atom. The number of piperidine rings is 1. The van der Waals surface area contributed by atoms with Crippen LogP contribution in [0.2, 0.25) is 0 Å². The van der Waals surface area contributed by atoms with Crippen LogP contribution in [0.1, 0.15) is 24.4 Å². The molecule has 0 saturated carbocycles. The number of alkyl carbamates (subject to hydrolysis) is 1. The number of hydrogen-bond acceptors (Lipinski definition) is 6. The molecule has 8 nitrogen and oxygen atoms in total. The van der Waals surface area contributed by atoms with E-state index >= 15 is 0 Å². The molecule has 8 heteroatoms. The van der Waals surface area contributed by atoms with Gasteiger partial charge in [-0.3, -0.25) is 4.90 Å². The number of amides is 1. The topological polar surface area (TPSA) is 85.4 Å². The Labute approximate surface area is 139 Å². The normalized spacial score (nSPS) is 24.3. The van der Waals surface area contributed by atoms with Crippen molar-refractivity contribution in [3.05, 3.63) is 23.7 Å². The van der Waals surface area contributed by atoms with Gasteiger partial charge in [-0.2, -0.15) is 0 Å². The van der Waals surface area contributed by atoms with Gasteiger partial charge in [-0.15, -0.1) is 10.2 Å². The first-order chi connectivity index (χ1) is 11.5. The van der Waals surface area contributed by atoms with E-state index in [0.717, 1.165) is 30.8 Å². The third-order valence-electron chi connectivity index (χ3n) is 4.90. The summed E-state index contributed by atoms with van der Waals surface area (Å²) >= 11 is 0. The average Bonchev–Trinajstić information content (AvgIpc) is 3.22. The SMILES string of the molecule is Cc1ccc(-c2nnc(CN3CCCC4(CNC(=O)O4)C3)o2)n1C. The van der Waals surface area contributed by atoms with Gasteiger partial charge in [0, 0.05) is 19.3 Å². The van der Waals surface area contributed by atoms with Crippen molar-refractivity contribution in [2.75, 3.05) is 19.6 Å². The second-order valence-corrected chi connectivity index (χ2v) is 6.66. The van der Waals surface area contributed by atoms with Gasteiger partial charge in [0.25, 0.3) is 5.89 Å². The zero-order chi connectivity index (χ0) is 16.7. The number of carbonyl (C=O) groups excluding carboxylic acids is 1. The number of nitrogens with zero attached hydrogens (tertiary/aromatic N) is 4. The van der Waals surface area contributed by atoms with E-state index in [1.165, 1.54) is 0 Å². The van der Waals surface area contributed by atoms with Gasteiger partial charge in [-0.25, -0.2) is 4.79 Å². The van der Waals surface area contributed by atoms with Gasteiger partial charge in [-0.1, -0.05) is 0 Å². The van der Waals surface area contributed by atoms with Crippen molar-refractivity contribution in [2.45, 2.75) is 31.9 Å². The van der Waals surface area contributed by atoms with Gasteiger partial charge in [-0.05, 0) is 38.4 Å². The summed E-state index contributed by atoms with van der Waals surface area (Å²) < 4.78 is 13.3. The molecule has 1 N–H and O–H groups in total. The Bertz CT molecular complexity index is 768. The van der Waals surface area contributed by atoms with Crippen LogP contribution < -0.4 is 5.32 Å². The molecule has 4 rings (SSSR count). The average molecular weight is 331 g/mol. The summed E-state index contributed by atoms with van der Waals surface area (Å²) in [5.74, 6) is 1.11. The Hall–Kier alpha value is -2.35. The molecule has 0 aliphatic carbocycles. The van der Waals surface area contributed by atoms with Crippen LogP contribution in [-0.4, -0.2) is 51.0 Å². The third kappa shape index (κ3) is 2.66. The van der Waals surface area contributed by atoms with E-state index in [1.54, 1.807) is 0 Å². The maximum Gasteiger partial charge on any atom is 0.407 e. The number of ether oxygens (including phenoxy) is 1. The fourth-order valence-electron chi connectivity index (χ4n) is 3.50. The van der Waals surface area contributed by atoms with Crippen LogP contribution in [0.4, 0.5) is 4.79 Å². The van der Waals surface area contributed by atoms with Crippen LogP contribution in [0.25, 0.3) is 11.6 Å². The van der Waals surface area contributed by atoms with Crippen molar-refractivity contribution in [2.24, 2.45) is 7.05 Å². The predicted octanol–water partition coefficient (Wildman–Crippen LogP) is 1.46. The molecule has 2 aliphatic rings. The molecule has 24 heavy (non-hydrogen) atoms. The molecule has 1 unspecified atom stereocenters. The molecule has 1 spiro atoms. The molecule has 1 atom stereocenters. The van der Waals surface area contributed by atoms with Crippen LogP contribution in [0.3, 0.4) is 0 Å². The van der Waals surface area contributed by atoms with E-state index in [-0.39, 0.29) is 6.09 Å². The summed E-state index contributed by atoms with van der Waals surface area (Å²) in [5.41, 5.74) is 1.64. The number of aryl methyl sites for hydroxylation is 1. The van der Waals surface area contributed by atoms with E-state index < -0.39 is 5.60 Å². The number of aromatic nitrogens is 3. The maximum absolute atomic E-state index is 11.4. The van der Waals surface area contributed by atoms with Crippen molar-refractivity contribution >= 4 is 6.09 Å². The number of rotatable bonds is 3. The lowest BCUT2D eigenvalue weighted by atomic mass is 9.93. The molecule has 0 radical (unpaired) electrons. The lowest BCUT2D eigenvalue weighted by molar-refractivity contribution is -0.0131. The third-order valence-corrected chi connectivity index (χ3v) is 4.90. The minimum atomic E-state index is -0.409. The zero-order valence-corrected chi connectivity index (χ0v) is 13.9. The summed E-state index contributed by atoms with van der Waals surface area (Å²) in [6, 6.07) is 4.00. The Morgan fingerprint density at radius 3 is 2.96 bits per heavy atom. The van der Waals surface area contributed by atoms with E-state index in [1.807, 2.05) is 30.7 Å². The summed E-state index contributed by atoms with van der Waals surface area (Å²) in [6.45, 7) is 4.79. The zero-order valence-electron chi connectivity index (χ0n) is 13.9. The fourth-order valence-corrected chi connectivity index (χ4v) is 3.50. The highest BCUT2D eigenvalue weighted by Crippen LogP contribution is 2.29. The smallest absolute Gasteiger partial charge is 0.407 e. The first-order valence-electron chi connectivity index (χ1n) is 8.19. The van der Waals surface area contributed by atoms with Crippen LogP contribution in [0.5, 0.6) is 0 Å². The molecule has 0 aromatic carbocycles. The summed E-state index contributed by atoms with van der Waals surface area (Å²) in [5, 5.41) is 11.1. The molecule has 2 aromatic rings. The largest absolute Gasteiger partial charge is 0.440 e. The summed E-state index contributed by atoms with van der Waals surface area (Å²) in [6.07, 6.45) is 1.54. The summed E-state index contributed by atoms with van der Waals surface area (Å²) in [4.78, 5) is 13.6. The van der Waals surface area contributed by atoms with Gasteiger partial charge in [0.05, 0.1) is 13.1 Å². The van der Waals surface area contributed by atoms with Crippen LogP contribution in [0.15, 0.2) is 16.5 Å². The maximum atomic E-state index is 11.4. The molecule has 1 amide bonds. The molecular formula is C16H21N5O3. The second-order valence-electron chi connectivity index (χ2n) is 6.66. The number of likely N-dealkylation sites (tertiary alicyclic amines) is 1. The Kier molecular flexibility index (Phi) is 3.56. The number of nitrogens with one attached hydrogen (secondary N) is 1. The molecule has 0 bridgehead atoms. The highest BCUT2D eigenvalue weighted by atomic mass is 16.6. The number of carbonyl (C=O) groups is 1. The molecule has 2 saturated heterocycles. The van der Waals surface area contributed by atoms with E-state index in [9.17, 15) is 4.79 Å². The minimum Gasteiger partial charge on any atom is -0.440 e.